The van der Waals surface area contributed by atoms with E-state index in [4.69, 9.17) is 14.7 Å². The minimum atomic E-state index is -9.87. The first-order valence-electron chi connectivity index (χ1n) is 10.4. The minimum absolute atomic E-state index is 0.123. The van der Waals surface area contributed by atoms with Crippen molar-refractivity contribution in [3.63, 3.8) is 0 Å². The number of hydrogen-bond acceptors (Lipinski definition) is 5. The molecule has 2 fully saturated rings. The Morgan fingerprint density at radius 1 is 1.18 bits per heavy atom. The van der Waals surface area contributed by atoms with Crippen LogP contribution in [0.2, 0.25) is 12.6 Å². The normalized spacial score (nSPS) is 19.9. The summed E-state index contributed by atoms with van der Waals surface area (Å²) >= 11 is 0. The summed E-state index contributed by atoms with van der Waals surface area (Å²) in [5.74, 6) is 0.587. The van der Waals surface area contributed by atoms with Crippen LogP contribution in [-0.4, -0.2) is 43.9 Å². The van der Waals surface area contributed by atoms with Crippen LogP contribution < -0.4 is 5.32 Å². The van der Waals surface area contributed by atoms with E-state index in [0.717, 1.165) is 20.0 Å². The first kappa shape index (κ1) is 26.9. The van der Waals surface area contributed by atoms with Gasteiger partial charge >= 0.3 is 16.2 Å². The molecule has 184 valence electrons. The van der Waals surface area contributed by atoms with Gasteiger partial charge in [0, 0.05) is 11.5 Å². The molecule has 0 bridgehead atoms. The van der Waals surface area contributed by atoms with Crippen LogP contribution in [0.5, 0.6) is 0 Å². The van der Waals surface area contributed by atoms with E-state index in [1.165, 1.54) is 0 Å². The lowest BCUT2D eigenvalue weighted by molar-refractivity contribution is -0.153. The Hall–Kier alpha value is -2.33. The molecule has 1 aliphatic heterocycles. The SMILES string of the molecule is CC.COC(=O)C(NC(=O)c1ccc(S(F)(F)(F)(F)F)cc1)C1(OCC2CC2)CB(C#N)C1. The standard InChI is InChI=1S/C18H20BF5N2O4S.C2H6/c1-29-17(28)15(18(9-19(10-18)11-25)30-8-12-2-3-12)26-16(27)13-4-6-14(7-5-13)31(20,21,22,23)24;1-2/h4-7,12,15H,2-3,8-10H2,1H3,(H,26,27);1-2H3. The average molecular weight is 496 g/mol. The molecular formula is C20H26BF5N2O4S. The van der Waals surface area contributed by atoms with Crippen LogP contribution in [0.15, 0.2) is 29.2 Å². The van der Waals surface area contributed by atoms with Crippen molar-refractivity contribution in [2.75, 3.05) is 13.7 Å². The Morgan fingerprint density at radius 3 is 2.15 bits per heavy atom. The Labute approximate surface area is 189 Å². The summed E-state index contributed by atoms with van der Waals surface area (Å²) in [6, 6.07) is 0.139. The van der Waals surface area contributed by atoms with Crippen molar-refractivity contribution in [2.45, 2.75) is 55.9 Å². The van der Waals surface area contributed by atoms with Gasteiger partial charge in [-0.2, -0.15) is 0 Å². The Bertz CT molecular complexity index is 927. The highest BCUT2D eigenvalue weighted by molar-refractivity contribution is 8.45. The number of nitrogens with zero attached hydrogens (tertiary/aromatic N) is 1. The number of benzene rings is 1. The second-order valence-electron chi connectivity index (χ2n) is 7.98. The molecule has 1 saturated carbocycles. The molecule has 0 spiro atoms. The monoisotopic (exact) mass is 496 g/mol. The molecule has 33 heavy (non-hydrogen) atoms. The van der Waals surface area contributed by atoms with Gasteiger partial charge in [0.2, 0.25) is 0 Å². The van der Waals surface area contributed by atoms with Crippen LogP contribution >= 0.6 is 10.2 Å². The fourth-order valence-corrected chi connectivity index (χ4v) is 4.12. The molecule has 0 aromatic heterocycles. The second kappa shape index (κ2) is 8.79. The van der Waals surface area contributed by atoms with Crippen molar-refractivity contribution in [1.82, 2.24) is 5.32 Å². The highest BCUT2D eigenvalue weighted by Crippen LogP contribution is 3.02. The lowest BCUT2D eigenvalue weighted by atomic mass is 9.30. The summed E-state index contributed by atoms with van der Waals surface area (Å²) < 4.78 is 75.0. The van der Waals surface area contributed by atoms with Crippen molar-refractivity contribution in [3.8, 4) is 5.97 Å². The molecule has 1 saturated heterocycles. The van der Waals surface area contributed by atoms with E-state index in [2.05, 4.69) is 11.3 Å². The van der Waals surface area contributed by atoms with Crippen molar-refractivity contribution in [3.05, 3.63) is 29.8 Å². The fraction of sp³-hybridized carbons (Fsp3) is 0.550. The molecule has 1 unspecified atom stereocenters. The molecule has 13 heteroatoms. The van der Waals surface area contributed by atoms with Gasteiger partial charge in [-0.1, -0.05) is 33.3 Å². The quantitative estimate of drug-likeness (QED) is 0.297. The average Bonchev–Trinajstić information content (AvgIpc) is 3.55. The number of methoxy groups -OCH3 is 1. The minimum Gasteiger partial charge on any atom is -0.467 e. The summed E-state index contributed by atoms with van der Waals surface area (Å²) in [4.78, 5) is 22.9. The van der Waals surface area contributed by atoms with Gasteiger partial charge in [0.05, 0.1) is 19.3 Å². The fourth-order valence-electron chi connectivity index (χ4n) is 3.47. The van der Waals surface area contributed by atoms with E-state index in [-0.39, 0.29) is 37.0 Å². The topological polar surface area (TPSA) is 88.4 Å². The number of esters is 1. The smallest absolute Gasteiger partial charge is 0.331 e. The van der Waals surface area contributed by atoms with Crippen LogP contribution in [0.3, 0.4) is 0 Å². The number of carbonyl (C=O) groups excluding carboxylic acids is 2. The molecule has 1 atom stereocenters. The summed E-state index contributed by atoms with van der Waals surface area (Å²) in [6.07, 6.45) is 2.26. The largest absolute Gasteiger partial charge is 0.467 e. The number of amides is 1. The molecule has 1 aromatic carbocycles. The molecule has 1 heterocycles. The van der Waals surface area contributed by atoms with Crippen LogP contribution in [0.4, 0.5) is 19.4 Å². The van der Waals surface area contributed by atoms with Crippen molar-refractivity contribution in [2.24, 2.45) is 5.92 Å². The number of hydrogen-bond donors (Lipinski definition) is 1. The van der Waals surface area contributed by atoms with E-state index in [0.29, 0.717) is 24.7 Å². The third-order valence-corrected chi connectivity index (χ3v) is 6.63. The summed E-state index contributed by atoms with van der Waals surface area (Å²) in [5.41, 5.74) is -1.54. The molecule has 6 nitrogen and oxygen atoms in total. The Kier molecular flexibility index (Phi) is 7.17. The molecule has 2 aliphatic rings. The van der Waals surface area contributed by atoms with Gasteiger partial charge in [-0.3, -0.25) is 4.79 Å². The zero-order valence-corrected chi connectivity index (χ0v) is 19.3. The summed E-state index contributed by atoms with van der Waals surface area (Å²) in [5, 5.41) is 11.5. The molecule has 3 rings (SSSR count). The van der Waals surface area contributed by atoms with Crippen molar-refractivity contribution in [1.29, 1.82) is 5.26 Å². The van der Waals surface area contributed by atoms with Gasteiger partial charge in [-0.25, -0.2) is 10.1 Å². The number of carbonyl (C=O) groups is 2. The van der Waals surface area contributed by atoms with Crippen molar-refractivity contribution < 1.29 is 38.5 Å². The number of ether oxygens (including phenoxy) is 2. The van der Waals surface area contributed by atoms with E-state index in [1.54, 1.807) is 0 Å². The lowest BCUT2D eigenvalue weighted by Crippen LogP contribution is -2.66. The molecular weight excluding hydrogens is 470 g/mol. The van der Waals surface area contributed by atoms with Crippen LogP contribution in [0.1, 0.15) is 37.0 Å². The van der Waals surface area contributed by atoms with Gasteiger partial charge in [0.1, 0.15) is 4.90 Å². The Balaban J connectivity index is 0.00000187. The predicted octanol–water partition coefficient (Wildman–Crippen LogP) is 5.38. The van der Waals surface area contributed by atoms with E-state index in [1.807, 2.05) is 13.8 Å². The van der Waals surface area contributed by atoms with Gasteiger partial charge in [-0.05, 0) is 55.7 Å². The van der Waals surface area contributed by atoms with Gasteiger partial charge in [0.15, 0.2) is 6.04 Å². The maximum atomic E-state index is 12.9. The van der Waals surface area contributed by atoms with E-state index < -0.39 is 38.6 Å². The number of halogens is 5. The second-order valence-corrected chi connectivity index (χ2v) is 10.4. The number of rotatable bonds is 8. The van der Waals surface area contributed by atoms with Gasteiger partial charge < -0.3 is 14.8 Å². The third-order valence-electron chi connectivity index (χ3n) is 5.47. The van der Waals surface area contributed by atoms with Gasteiger partial charge in [0.25, 0.3) is 12.6 Å². The predicted molar refractivity (Wildman–Crippen MR) is 115 cm³/mol. The lowest BCUT2D eigenvalue weighted by Gasteiger charge is -2.47. The third kappa shape index (κ3) is 6.60. The maximum absolute atomic E-state index is 12.9. The molecule has 1 amide bonds. The molecule has 1 N–H and O–H groups in total. The van der Waals surface area contributed by atoms with Crippen LogP contribution in [-0.2, 0) is 14.3 Å². The zero-order valence-electron chi connectivity index (χ0n) is 18.5. The highest BCUT2D eigenvalue weighted by Gasteiger charge is 2.65. The van der Waals surface area contributed by atoms with Crippen molar-refractivity contribution >= 4 is 28.8 Å². The highest BCUT2D eigenvalue weighted by atomic mass is 32.5. The summed E-state index contributed by atoms with van der Waals surface area (Å²) in [6.45, 7) is 3.94. The maximum Gasteiger partial charge on any atom is 0.331 e. The Morgan fingerprint density at radius 2 is 1.73 bits per heavy atom. The van der Waals surface area contributed by atoms with Crippen LogP contribution in [0, 0.1) is 17.1 Å². The summed E-state index contributed by atoms with van der Waals surface area (Å²) in [7, 11) is -8.77. The van der Waals surface area contributed by atoms with E-state index in [9.17, 15) is 29.0 Å². The zero-order chi connectivity index (χ0) is 25.1. The number of nitrogens with one attached hydrogen (secondary N) is 1. The molecule has 0 radical (unpaired) electrons. The van der Waals surface area contributed by atoms with Crippen LogP contribution in [0.25, 0.3) is 0 Å². The van der Waals surface area contributed by atoms with Gasteiger partial charge in [-0.15, -0.1) is 0 Å². The van der Waals surface area contributed by atoms with E-state index >= 15 is 0 Å². The number of nitriles is 1. The first-order chi connectivity index (χ1) is 15.2. The molecule has 1 aromatic rings. The molecule has 1 aliphatic carbocycles. The first-order valence-corrected chi connectivity index (χ1v) is 12.4.